The fourth-order valence-electron chi connectivity index (χ4n) is 4.10. The van der Waals surface area contributed by atoms with Gasteiger partial charge in [0.15, 0.2) is 0 Å². The van der Waals surface area contributed by atoms with Crippen LogP contribution in [0, 0.1) is 0 Å². The molecule has 0 spiro atoms. The van der Waals surface area contributed by atoms with Gasteiger partial charge in [0.1, 0.15) is 22.7 Å². The minimum atomic E-state index is -0.191. The van der Waals surface area contributed by atoms with Crippen molar-refractivity contribution < 1.29 is 4.79 Å². The third-order valence-electron chi connectivity index (χ3n) is 5.63. The normalized spacial score (nSPS) is 15.6. The highest BCUT2D eigenvalue weighted by Gasteiger charge is 2.23. The molecule has 1 aliphatic rings. The molecule has 0 saturated heterocycles. The van der Waals surface area contributed by atoms with Crippen molar-refractivity contribution in [3.63, 3.8) is 0 Å². The van der Waals surface area contributed by atoms with Crippen molar-refractivity contribution in [2.75, 3.05) is 7.05 Å². The second-order valence-corrected chi connectivity index (χ2v) is 8.37. The van der Waals surface area contributed by atoms with Gasteiger partial charge in [-0.1, -0.05) is 26.2 Å². The lowest BCUT2D eigenvalue weighted by atomic mass is 9.94. The van der Waals surface area contributed by atoms with Crippen molar-refractivity contribution in [3.05, 3.63) is 33.7 Å². The van der Waals surface area contributed by atoms with Gasteiger partial charge in [-0.15, -0.1) is 11.3 Å². The molecule has 0 aliphatic heterocycles. The van der Waals surface area contributed by atoms with E-state index in [4.69, 9.17) is 0 Å². The standard InChI is InChI=1S/C20H26N4O2S/c1-3-7-17-21-23(13-18(25)22(2)15-8-5-4-6-9-15)19(26)16-12-14-10-11-27-20(14)24(16)17/h10-12,15H,3-9,13H2,1-2H3. The van der Waals surface area contributed by atoms with Crippen molar-refractivity contribution in [2.24, 2.45) is 0 Å². The minimum absolute atomic E-state index is 0.0118. The van der Waals surface area contributed by atoms with Gasteiger partial charge >= 0.3 is 0 Å². The van der Waals surface area contributed by atoms with E-state index in [1.807, 2.05) is 33.9 Å². The van der Waals surface area contributed by atoms with E-state index >= 15 is 0 Å². The topological polar surface area (TPSA) is 59.6 Å². The molecule has 144 valence electrons. The molecule has 0 aromatic carbocycles. The molecular formula is C20H26N4O2S. The maximum atomic E-state index is 13.0. The van der Waals surface area contributed by atoms with Crippen molar-refractivity contribution in [2.45, 2.75) is 64.5 Å². The van der Waals surface area contributed by atoms with Crippen LogP contribution in [0.25, 0.3) is 15.7 Å². The van der Waals surface area contributed by atoms with Crippen LogP contribution in [0.3, 0.4) is 0 Å². The number of nitrogens with zero attached hydrogens (tertiary/aromatic N) is 4. The van der Waals surface area contributed by atoms with Crippen LogP contribution in [0.5, 0.6) is 0 Å². The zero-order chi connectivity index (χ0) is 19.0. The highest BCUT2D eigenvalue weighted by molar-refractivity contribution is 7.16. The fourth-order valence-corrected chi connectivity index (χ4v) is 5.02. The molecule has 0 unspecified atom stereocenters. The molecule has 0 bridgehead atoms. The first-order valence-electron chi connectivity index (χ1n) is 9.84. The van der Waals surface area contributed by atoms with E-state index < -0.39 is 0 Å². The van der Waals surface area contributed by atoms with Gasteiger partial charge in [-0.05, 0) is 36.8 Å². The predicted molar refractivity (Wildman–Crippen MR) is 108 cm³/mol. The van der Waals surface area contributed by atoms with Gasteiger partial charge in [0.25, 0.3) is 5.56 Å². The first-order valence-corrected chi connectivity index (χ1v) is 10.7. The maximum absolute atomic E-state index is 13.0. The first kappa shape index (κ1) is 18.2. The summed E-state index contributed by atoms with van der Waals surface area (Å²) in [4.78, 5) is 28.7. The van der Waals surface area contributed by atoms with Gasteiger partial charge in [0.2, 0.25) is 5.91 Å². The number of carbonyl (C=O) groups excluding carboxylic acids is 1. The Bertz CT molecular complexity index is 1030. The van der Waals surface area contributed by atoms with Crippen LogP contribution in [0.4, 0.5) is 0 Å². The third-order valence-corrected chi connectivity index (χ3v) is 6.55. The molecule has 0 atom stereocenters. The molecule has 0 N–H and O–H groups in total. The van der Waals surface area contributed by atoms with E-state index in [0.717, 1.165) is 41.7 Å². The number of aryl methyl sites for hydroxylation is 1. The van der Waals surface area contributed by atoms with Crippen molar-refractivity contribution in [1.29, 1.82) is 0 Å². The Labute approximate surface area is 162 Å². The number of thiophene rings is 1. The van der Waals surface area contributed by atoms with Gasteiger partial charge in [-0.3, -0.25) is 14.0 Å². The Kier molecular flexibility index (Phi) is 5.04. The highest BCUT2D eigenvalue weighted by atomic mass is 32.1. The summed E-state index contributed by atoms with van der Waals surface area (Å²) in [6.07, 6.45) is 7.41. The zero-order valence-corrected chi connectivity index (χ0v) is 16.8. The Morgan fingerprint density at radius 3 is 2.85 bits per heavy atom. The number of hydrogen-bond acceptors (Lipinski definition) is 4. The molecule has 7 heteroatoms. The van der Waals surface area contributed by atoms with Crippen LogP contribution in [0.15, 0.2) is 22.3 Å². The molecule has 0 radical (unpaired) electrons. The fraction of sp³-hybridized carbons (Fsp3) is 0.550. The number of carbonyl (C=O) groups is 1. The lowest BCUT2D eigenvalue weighted by molar-refractivity contribution is -0.133. The summed E-state index contributed by atoms with van der Waals surface area (Å²) in [5, 5.41) is 7.67. The van der Waals surface area contributed by atoms with Crippen LogP contribution in [0.2, 0.25) is 0 Å². The molecule has 1 aliphatic carbocycles. The summed E-state index contributed by atoms with van der Waals surface area (Å²) >= 11 is 1.62. The summed E-state index contributed by atoms with van der Waals surface area (Å²) in [5.41, 5.74) is 0.423. The van der Waals surface area contributed by atoms with Crippen LogP contribution in [-0.4, -0.2) is 38.1 Å². The Morgan fingerprint density at radius 1 is 1.33 bits per heavy atom. The molecule has 3 aromatic heterocycles. The Morgan fingerprint density at radius 2 is 2.11 bits per heavy atom. The van der Waals surface area contributed by atoms with Gasteiger partial charge in [-0.25, -0.2) is 4.68 Å². The van der Waals surface area contributed by atoms with Crippen LogP contribution in [-0.2, 0) is 17.8 Å². The molecule has 1 fully saturated rings. The van der Waals surface area contributed by atoms with Crippen LogP contribution in [0.1, 0.15) is 51.3 Å². The van der Waals surface area contributed by atoms with Gasteiger partial charge in [0, 0.05) is 24.9 Å². The lowest BCUT2D eigenvalue weighted by Gasteiger charge is -2.31. The number of fused-ring (bicyclic) bond motifs is 3. The van der Waals surface area contributed by atoms with E-state index in [-0.39, 0.29) is 18.0 Å². The number of amides is 1. The minimum Gasteiger partial charge on any atom is -0.341 e. The largest absolute Gasteiger partial charge is 0.341 e. The Hall–Kier alpha value is -2.15. The molecular weight excluding hydrogens is 360 g/mol. The van der Waals surface area contributed by atoms with E-state index in [1.54, 1.807) is 11.3 Å². The zero-order valence-electron chi connectivity index (χ0n) is 16.0. The quantitative estimate of drug-likeness (QED) is 0.675. The molecule has 1 saturated carbocycles. The smallest absolute Gasteiger partial charge is 0.291 e. The van der Waals surface area contributed by atoms with E-state index in [0.29, 0.717) is 11.6 Å². The lowest BCUT2D eigenvalue weighted by Crippen LogP contribution is -2.42. The average molecular weight is 387 g/mol. The van der Waals surface area contributed by atoms with Crippen molar-refractivity contribution in [1.82, 2.24) is 19.1 Å². The van der Waals surface area contributed by atoms with Gasteiger partial charge < -0.3 is 4.90 Å². The molecule has 3 heterocycles. The van der Waals surface area contributed by atoms with Gasteiger partial charge in [-0.2, -0.15) is 5.10 Å². The van der Waals surface area contributed by atoms with Crippen LogP contribution >= 0.6 is 11.3 Å². The first-order chi connectivity index (χ1) is 13.1. The third kappa shape index (κ3) is 3.29. The molecule has 1 amide bonds. The molecule has 6 nitrogen and oxygen atoms in total. The summed E-state index contributed by atoms with van der Waals surface area (Å²) in [7, 11) is 1.86. The SMILES string of the molecule is CCCc1nn(CC(=O)N(C)C2CCCCC2)c(=O)c2cc3ccsc3n12. The maximum Gasteiger partial charge on any atom is 0.291 e. The monoisotopic (exact) mass is 386 g/mol. The predicted octanol–water partition coefficient (Wildman–Crippen LogP) is 3.45. The summed E-state index contributed by atoms with van der Waals surface area (Å²) < 4.78 is 3.34. The average Bonchev–Trinajstić information content (AvgIpc) is 3.27. The van der Waals surface area contributed by atoms with Crippen LogP contribution < -0.4 is 5.56 Å². The number of aromatic nitrogens is 3. The number of likely N-dealkylation sites (N-methyl/N-ethyl adjacent to an activating group) is 1. The summed E-state index contributed by atoms with van der Waals surface area (Å²) in [6.45, 7) is 2.11. The highest BCUT2D eigenvalue weighted by Crippen LogP contribution is 2.25. The summed E-state index contributed by atoms with van der Waals surface area (Å²) in [5.74, 6) is 0.814. The Balaban J connectivity index is 1.69. The molecule has 4 rings (SSSR count). The van der Waals surface area contributed by atoms with Gasteiger partial charge in [0.05, 0.1) is 0 Å². The van der Waals surface area contributed by atoms with E-state index in [2.05, 4.69) is 12.0 Å². The molecule has 27 heavy (non-hydrogen) atoms. The van der Waals surface area contributed by atoms with E-state index in [1.165, 1.54) is 23.9 Å². The second-order valence-electron chi connectivity index (χ2n) is 7.47. The number of hydrogen-bond donors (Lipinski definition) is 0. The molecule has 3 aromatic rings. The number of rotatable bonds is 5. The van der Waals surface area contributed by atoms with Crippen molar-refractivity contribution >= 4 is 33.0 Å². The second kappa shape index (κ2) is 7.46. The van der Waals surface area contributed by atoms with Crippen molar-refractivity contribution in [3.8, 4) is 0 Å². The van der Waals surface area contributed by atoms with E-state index in [9.17, 15) is 9.59 Å². The summed E-state index contributed by atoms with van der Waals surface area (Å²) in [6, 6.07) is 4.23.